The van der Waals surface area contributed by atoms with Gasteiger partial charge in [0.1, 0.15) is 5.82 Å². The molecule has 2 N–H and O–H groups in total. The van der Waals surface area contributed by atoms with E-state index in [9.17, 15) is 0 Å². The molecule has 1 fully saturated rings. The van der Waals surface area contributed by atoms with Crippen molar-refractivity contribution in [3.05, 3.63) is 23.3 Å². The van der Waals surface area contributed by atoms with Crippen molar-refractivity contribution in [2.75, 3.05) is 19.8 Å². The van der Waals surface area contributed by atoms with Crippen LogP contribution in [0.3, 0.4) is 0 Å². The van der Waals surface area contributed by atoms with Crippen LogP contribution in [-0.4, -0.2) is 29.7 Å². The summed E-state index contributed by atoms with van der Waals surface area (Å²) in [4.78, 5) is 9.30. The number of nitrogens with two attached hydrogens (primary N) is 1. The van der Waals surface area contributed by atoms with Gasteiger partial charge < -0.3 is 10.5 Å². The lowest BCUT2D eigenvalue weighted by Gasteiger charge is -2.22. The molecule has 4 heteroatoms. The summed E-state index contributed by atoms with van der Waals surface area (Å²) in [6.07, 6.45) is 3.08. The monoisotopic (exact) mass is 249 g/mol. The number of ether oxygens (including phenoxy) is 1. The number of hydrogen-bond acceptors (Lipinski definition) is 4. The lowest BCUT2D eigenvalue weighted by atomic mass is 9.95. The van der Waals surface area contributed by atoms with Crippen molar-refractivity contribution in [3.63, 3.8) is 0 Å². The number of nitrogens with zero attached hydrogens (tertiary/aromatic N) is 2. The van der Waals surface area contributed by atoms with Crippen molar-refractivity contribution >= 4 is 0 Å². The fraction of sp³-hybridized carbons (Fsp3) is 0.714. The maximum absolute atomic E-state index is 5.61. The number of aryl methyl sites for hydroxylation is 1. The molecule has 1 unspecified atom stereocenters. The van der Waals surface area contributed by atoms with Gasteiger partial charge in [-0.2, -0.15) is 0 Å². The molecule has 0 aromatic carbocycles. The van der Waals surface area contributed by atoms with Crippen LogP contribution < -0.4 is 5.73 Å². The maximum atomic E-state index is 5.61. The lowest BCUT2D eigenvalue weighted by molar-refractivity contribution is 0.0844. The SMILES string of the molecule is Cc1cc(C2CCOCC2)nc(C(C)CCN)n1. The summed E-state index contributed by atoms with van der Waals surface area (Å²) >= 11 is 0. The summed E-state index contributed by atoms with van der Waals surface area (Å²) in [6, 6.07) is 2.12. The molecule has 1 aliphatic heterocycles. The molecule has 0 saturated carbocycles. The van der Waals surface area contributed by atoms with Gasteiger partial charge in [0.05, 0.1) is 0 Å². The van der Waals surface area contributed by atoms with E-state index in [-0.39, 0.29) is 0 Å². The first-order chi connectivity index (χ1) is 8.70. The Bertz CT molecular complexity index is 389. The molecule has 4 nitrogen and oxygen atoms in total. The van der Waals surface area contributed by atoms with Crippen LogP contribution in [0, 0.1) is 6.92 Å². The molecular formula is C14H23N3O. The van der Waals surface area contributed by atoms with Gasteiger partial charge in [0.15, 0.2) is 0 Å². The second-order valence-electron chi connectivity index (χ2n) is 5.16. The van der Waals surface area contributed by atoms with E-state index >= 15 is 0 Å². The second kappa shape index (κ2) is 6.25. The van der Waals surface area contributed by atoms with Crippen molar-refractivity contribution in [2.24, 2.45) is 5.73 Å². The highest BCUT2D eigenvalue weighted by atomic mass is 16.5. The molecule has 1 saturated heterocycles. The van der Waals surface area contributed by atoms with Crippen molar-refractivity contribution in [1.82, 2.24) is 9.97 Å². The Morgan fingerprint density at radius 3 is 2.78 bits per heavy atom. The minimum absolute atomic E-state index is 0.341. The van der Waals surface area contributed by atoms with E-state index in [1.807, 2.05) is 6.92 Å². The minimum Gasteiger partial charge on any atom is -0.381 e. The fourth-order valence-corrected chi connectivity index (χ4v) is 2.42. The van der Waals surface area contributed by atoms with E-state index in [4.69, 9.17) is 15.5 Å². The lowest BCUT2D eigenvalue weighted by Crippen LogP contribution is -2.17. The summed E-state index contributed by atoms with van der Waals surface area (Å²) in [5, 5.41) is 0. The third-order valence-electron chi connectivity index (χ3n) is 3.57. The van der Waals surface area contributed by atoms with Crippen LogP contribution in [0.15, 0.2) is 6.07 Å². The van der Waals surface area contributed by atoms with Crippen LogP contribution in [0.4, 0.5) is 0 Å². The quantitative estimate of drug-likeness (QED) is 0.888. The molecule has 0 aliphatic carbocycles. The van der Waals surface area contributed by atoms with Crippen LogP contribution in [-0.2, 0) is 4.74 Å². The predicted molar refractivity (Wildman–Crippen MR) is 71.6 cm³/mol. The van der Waals surface area contributed by atoms with Gasteiger partial charge in [0, 0.05) is 36.4 Å². The summed E-state index contributed by atoms with van der Waals surface area (Å²) in [7, 11) is 0. The zero-order chi connectivity index (χ0) is 13.0. The Labute approximate surface area is 109 Å². The Morgan fingerprint density at radius 2 is 2.11 bits per heavy atom. The van der Waals surface area contributed by atoms with Crippen LogP contribution in [0.1, 0.15) is 55.2 Å². The first kappa shape index (κ1) is 13.4. The van der Waals surface area contributed by atoms with Gasteiger partial charge in [-0.05, 0) is 38.8 Å². The average Bonchev–Trinajstić information content (AvgIpc) is 2.39. The average molecular weight is 249 g/mol. The second-order valence-corrected chi connectivity index (χ2v) is 5.16. The van der Waals surface area contributed by atoms with Crippen LogP contribution in [0.5, 0.6) is 0 Å². The van der Waals surface area contributed by atoms with Gasteiger partial charge in [0.25, 0.3) is 0 Å². The Hall–Kier alpha value is -1.00. The van der Waals surface area contributed by atoms with Crippen LogP contribution in [0.25, 0.3) is 0 Å². The fourth-order valence-electron chi connectivity index (χ4n) is 2.42. The summed E-state index contributed by atoms with van der Waals surface area (Å²) < 4.78 is 5.41. The van der Waals surface area contributed by atoms with E-state index < -0.39 is 0 Å². The molecule has 1 aromatic rings. The van der Waals surface area contributed by atoms with Gasteiger partial charge in [-0.3, -0.25) is 0 Å². The molecule has 0 spiro atoms. The van der Waals surface area contributed by atoms with Crippen molar-refractivity contribution in [2.45, 2.75) is 44.9 Å². The topological polar surface area (TPSA) is 61.0 Å². The number of aromatic nitrogens is 2. The Kier molecular flexibility index (Phi) is 4.66. The Morgan fingerprint density at radius 1 is 1.39 bits per heavy atom. The summed E-state index contributed by atoms with van der Waals surface area (Å²) in [5.74, 6) is 1.82. The smallest absolute Gasteiger partial charge is 0.131 e. The first-order valence-electron chi connectivity index (χ1n) is 6.84. The van der Waals surface area contributed by atoms with E-state index in [1.54, 1.807) is 0 Å². The van der Waals surface area contributed by atoms with Crippen LogP contribution in [0.2, 0.25) is 0 Å². The molecule has 1 aliphatic rings. The number of rotatable bonds is 4. The van der Waals surface area contributed by atoms with E-state index in [1.165, 1.54) is 5.69 Å². The van der Waals surface area contributed by atoms with Gasteiger partial charge in [-0.15, -0.1) is 0 Å². The van der Waals surface area contributed by atoms with Crippen molar-refractivity contribution < 1.29 is 4.74 Å². The zero-order valence-corrected chi connectivity index (χ0v) is 11.4. The molecule has 0 bridgehead atoms. The molecule has 0 amide bonds. The van der Waals surface area contributed by atoms with Crippen molar-refractivity contribution in [3.8, 4) is 0 Å². The third-order valence-corrected chi connectivity index (χ3v) is 3.57. The third kappa shape index (κ3) is 3.27. The molecule has 0 radical (unpaired) electrons. The maximum Gasteiger partial charge on any atom is 0.131 e. The molecular weight excluding hydrogens is 226 g/mol. The van der Waals surface area contributed by atoms with E-state index in [0.29, 0.717) is 18.4 Å². The highest BCUT2D eigenvalue weighted by Crippen LogP contribution is 2.27. The van der Waals surface area contributed by atoms with Gasteiger partial charge in [-0.1, -0.05) is 6.92 Å². The molecule has 1 aromatic heterocycles. The molecule has 18 heavy (non-hydrogen) atoms. The normalized spacial score (nSPS) is 18.8. The highest BCUT2D eigenvalue weighted by molar-refractivity contribution is 5.16. The molecule has 2 rings (SSSR count). The Balaban J connectivity index is 2.19. The van der Waals surface area contributed by atoms with Crippen molar-refractivity contribution in [1.29, 1.82) is 0 Å². The molecule has 100 valence electrons. The number of hydrogen-bond donors (Lipinski definition) is 1. The zero-order valence-electron chi connectivity index (χ0n) is 11.4. The van der Waals surface area contributed by atoms with Gasteiger partial charge in [0.2, 0.25) is 0 Å². The van der Waals surface area contributed by atoms with Gasteiger partial charge >= 0.3 is 0 Å². The molecule has 1 atom stereocenters. The van der Waals surface area contributed by atoms with E-state index in [2.05, 4.69) is 18.0 Å². The summed E-state index contributed by atoms with van der Waals surface area (Å²) in [6.45, 7) is 6.58. The van der Waals surface area contributed by atoms with Gasteiger partial charge in [-0.25, -0.2) is 9.97 Å². The largest absolute Gasteiger partial charge is 0.381 e. The standard InChI is InChI=1S/C14H23N3O/c1-10(3-6-15)14-16-11(2)9-13(17-14)12-4-7-18-8-5-12/h9-10,12H,3-8,15H2,1-2H3. The molecule has 2 heterocycles. The predicted octanol–water partition coefficient (Wildman–Crippen LogP) is 2.13. The van der Waals surface area contributed by atoms with Crippen LogP contribution >= 0.6 is 0 Å². The summed E-state index contributed by atoms with van der Waals surface area (Å²) in [5.41, 5.74) is 7.86. The minimum atomic E-state index is 0.341. The highest BCUT2D eigenvalue weighted by Gasteiger charge is 2.19. The first-order valence-corrected chi connectivity index (χ1v) is 6.84. The van der Waals surface area contributed by atoms with E-state index in [0.717, 1.165) is 44.0 Å².